The molecule has 0 unspecified atom stereocenters. The lowest BCUT2D eigenvalue weighted by molar-refractivity contribution is -0.141. The van der Waals surface area contributed by atoms with E-state index in [0.717, 1.165) is 27.9 Å². The van der Waals surface area contributed by atoms with Crippen LogP contribution in [0.3, 0.4) is 0 Å². The van der Waals surface area contributed by atoms with Gasteiger partial charge in [0.25, 0.3) is 5.91 Å². The Kier molecular flexibility index (Phi) is 7.67. The predicted octanol–water partition coefficient (Wildman–Crippen LogP) is 6.45. The van der Waals surface area contributed by atoms with Crippen molar-refractivity contribution >= 4 is 17.5 Å². The summed E-state index contributed by atoms with van der Waals surface area (Å²) in [5.41, 5.74) is 4.14. The van der Waals surface area contributed by atoms with Crippen LogP contribution in [0.15, 0.2) is 66.7 Å². The first kappa shape index (κ1) is 26.4. The number of benzene rings is 3. The molecule has 3 aromatic carbocycles. The molecule has 0 saturated carbocycles. The van der Waals surface area contributed by atoms with Crippen molar-refractivity contribution in [1.82, 2.24) is 4.90 Å². The van der Waals surface area contributed by atoms with Crippen LogP contribution in [0.5, 0.6) is 5.75 Å². The maximum absolute atomic E-state index is 13.8. The number of carbonyl (C=O) groups is 2. The van der Waals surface area contributed by atoms with Crippen molar-refractivity contribution in [1.29, 1.82) is 0 Å². The van der Waals surface area contributed by atoms with Gasteiger partial charge in [-0.2, -0.15) is 0 Å². The summed E-state index contributed by atoms with van der Waals surface area (Å²) in [7, 11) is 0. The van der Waals surface area contributed by atoms with Crippen molar-refractivity contribution in [2.45, 2.75) is 59.6 Å². The maximum Gasteiger partial charge on any atom is 0.265 e. The molecule has 4 rings (SSSR count). The zero-order valence-corrected chi connectivity index (χ0v) is 22.2. The molecular weight excluding hydrogens is 467 g/mol. The quantitative estimate of drug-likeness (QED) is 0.421. The van der Waals surface area contributed by atoms with Crippen LogP contribution in [0, 0.1) is 18.2 Å². The van der Waals surface area contributed by atoms with E-state index >= 15 is 0 Å². The Bertz CT molecular complexity index is 1260. The minimum Gasteiger partial charge on any atom is -0.481 e. The molecule has 0 fully saturated rings. The SMILES string of the molecule is CC[C@H](Oc1ccc2c(c1)[C@@H](c1ccc(F)cc1)N(C(=O)C(C)(C)C)CC2)C(=O)Nc1ccc(C)cc1. The van der Waals surface area contributed by atoms with Crippen LogP contribution < -0.4 is 10.1 Å². The van der Waals surface area contributed by atoms with Crippen LogP contribution >= 0.6 is 0 Å². The smallest absolute Gasteiger partial charge is 0.265 e. The summed E-state index contributed by atoms with van der Waals surface area (Å²) in [6, 6.07) is 19.4. The van der Waals surface area contributed by atoms with E-state index < -0.39 is 11.5 Å². The summed E-state index contributed by atoms with van der Waals surface area (Å²) >= 11 is 0. The first-order chi connectivity index (χ1) is 17.6. The number of hydrogen-bond acceptors (Lipinski definition) is 3. The van der Waals surface area contributed by atoms with E-state index in [1.54, 1.807) is 12.1 Å². The van der Waals surface area contributed by atoms with Gasteiger partial charge < -0.3 is 15.0 Å². The molecule has 0 spiro atoms. The lowest BCUT2D eigenvalue weighted by Gasteiger charge is -2.41. The molecule has 194 valence electrons. The number of fused-ring (bicyclic) bond motifs is 1. The van der Waals surface area contributed by atoms with E-state index in [1.165, 1.54) is 12.1 Å². The number of halogens is 1. The van der Waals surface area contributed by atoms with Gasteiger partial charge in [0.15, 0.2) is 6.10 Å². The second kappa shape index (κ2) is 10.8. The van der Waals surface area contributed by atoms with E-state index in [-0.39, 0.29) is 23.7 Å². The molecule has 1 N–H and O–H groups in total. The predicted molar refractivity (Wildman–Crippen MR) is 144 cm³/mol. The number of rotatable bonds is 6. The molecule has 0 bridgehead atoms. The summed E-state index contributed by atoms with van der Waals surface area (Å²) in [6.45, 7) is 10.2. The zero-order chi connectivity index (χ0) is 26.7. The van der Waals surface area contributed by atoms with E-state index in [9.17, 15) is 14.0 Å². The monoisotopic (exact) mass is 502 g/mol. The summed E-state index contributed by atoms with van der Waals surface area (Å²) < 4.78 is 19.9. The van der Waals surface area contributed by atoms with Crippen LogP contribution in [-0.4, -0.2) is 29.4 Å². The third-order valence-corrected chi connectivity index (χ3v) is 6.69. The van der Waals surface area contributed by atoms with Gasteiger partial charge in [-0.3, -0.25) is 9.59 Å². The molecule has 0 saturated heterocycles. The minimum atomic E-state index is -0.681. The number of aryl methyl sites for hydroxylation is 1. The van der Waals surface area contributed by atoms with Gasteiger partial charge in [-0.15, -0.1) is 0 Å². The van der Waals surface area contributed by atoms with Crippen molar-refractivity contribution in [3.05, 3.63) is 94.8 Å². The molecule has 3 aromatic rings. The fourth-order valence-electron chi connectivity index (χ4n) is 4.67. The Hall–Kier alpha value is -3.67. The summed E-state index contributed by atoms with van der Waals surface area (Å²) in [5.74, 6) is 0.0455. The lowest BCUT2D eigenvalue weighted by atomic mass is 9.85. The number of nitrogens with zero attached hydrogens (tertiary/aromatic N) is 1. The Morgan fingerprint density at radius 1 is 1.05 bits per heavy atom. The van der Waals surface area contributed by atoms with Crippen molar-refractivity contribution < 1.29 is 18.7 Å². The highest BCUT2D eigenvalue weighted by molar-refractivity contribution is 5.94. The molecule has 0 aromatic heterocycles. The van der Waals surface area contributed by atoms with Gasteiger partial charge in [-0.1, -0.05) is 63.6 Å². The fraction of sp³-hybridized carbons (Fsp3) is 0.355. The van der Waals surface area contributed by atoms with Crippen LogP contribution in [0.1, 0.15) is 62.4 Å². The zero-order valence-electron chi connectivity index (χ0n) is 22.2. The van der Waals surface area contributed by atoms with E-state index in [1.807, 2.05) is 82.0 Å². The van der Waals surface area contributed by atoms with Crippen LogP contribution in [0.2, 0.25) is 0 Å². The molecule has 37 heavy (non-hydrogen) atoms. The van der Waals surface area contributed by atoms with Gasteiger partial charge in [0, 0.05) is 17.6 Å². The van der Waals surface area contributed by atoms with Gasteiger partial charge in [0.05, 0.1) is 6.04 Å². The number of anilines is 1. The number of amides is 2. The normalized spacial score (nSPS) is 16.1. The highest BCUT2D eigenvalue weighted by atomic mass is 19.1. The number of ether oxygens (including phenoxy) is 1. The Balaban J connectivity index is 1.65. The highest BCUT2D eigenvalue weighted by Gasteiger charge is 2.37. The molecule has 1 heterocycles. The first-order valence-electron chi connectivity index (χ1n) is 12.8. The number of carbonyl (C=O) groups excluding carboxylic acids is 2. The summed E-state index contributed by atoms with van der Waals surface area (Å²) in [6.07, 6.45) is 0.518. The van der Waals surface area contributed by atoms with Gasteiger partial charge in [0.1, 0.15) is 11.6 Å². The van der Waals surface area contributed by atoms with Crippen LogP contribution in [-0.2, 0) is 16.0 Å². The standard InChI is InChI=1S/C31H35FN2O3/c1-6-27(29(35)33-24-14-7-20(2)8-15-24)37-25-16-11-21-17-18-34(30(36)31(3,4)5)28(26(21)19-25)22-9-12-23(32)13-10-22/h7-16,19,27-28H,6,17-18H2,1-5H3,(H,33,35)/t27-,28+/m0/s1. The topological polar surface area (TPSA) is 58.6 Å². The van der Waals surface area contributed by atoms with Crippen molar-refractivity contribution in [2.75, 3.05) is 11.9 Å². The molecular formula is C31H35FN2O3. The second-order valence-corrected chi connectivity index (χ2v) is 10.7. The van der Waals surface area contributed by atoms with Crippen LogP contribution in [0.4, 0.5) is 10.1 Å². The Morgan fingerprint density at radius 3 is 2.35 bits per heavy atom. The third-order valence-electron chi connectivity index (χ3n) is 6.69. The van der Waals surface area contributed by atoms with Crippen molar-refractivity contribution in [3.8, 4) is 5.75 Å². The molecule has 5 nitrogen and oxygen atoms in total. The summed E-state index contributed by atoms with van der Waals surface area (Å²) in [5, 5.41) is 2.93. The molecule has 2 atom stereocenters. The molecule has 0 radical (unpaired) electrons. The average molecular weight is 503 g/mol. The van der Waals surface area contributed by atoms with E-state index in [2.05, 4.69) is 5.32 Å². The second-order valence-electron chi connectivity index (χ2n) is 10.7. The number of nitrogens with one attached hydrogen (secondary N) is 1. The average Bonchev–Trinajstić information content (AvgIpc) is 2.87. The van der Waals surface area contributed by atoms with Gasteiger partial charge in [-0.05, 0) is 72.9 Å². The lowest BCUT2D eigenvalue weighted by Crippen LogP contribution is -2.45. The largest absolute Gasteiger partial charge is 0.481 e. The van der Waals surface area contributed by atoms with Crippen molar-refractivity contribution in [3.63, 3.8) is 0 Å². The molecule has 1 aliphatic rings. The van der Waals surface area contributed by atoms with Crippen molar-refractivity contribution in [2.24, 2.45) is 5.41 Å². The molecule has 0 aliphatic carbocycles. The van der Waals surface area contributed by atoms with Gasteiger partial charge >= 0.3 is 0 Å². The summed E-state index contributed by atoms with van der Waals surface area (Å²) in [4.78, 5) is 28.3. The highest BCUT2D eigenvalue weighted by Crippen LogP contribution is 2.39. The molecule has 1 aliphatic heterocycles. The minimum absolute atomic E-state index is 0.0303. The van der Waals surface area contributed by atoms with E-state index in [0.29, 0.717) is 25.1 Å². The fourth-order valence-corrected chi connectivity index (χ4v) is 4.67. The molecule has 2 amide bonds. The van der Waals surface area contributed by atoms with Gasteiger partial charge in [-0.25, -0.2) is 4.39 Å². The van der Waals surface area contributed by atoms with Crippen LogP contribution in [0.25, 0.3) is 0 Å². The molecule has 6 heteroatoms. The Morgan fingerprint density at radius 2 is 1.73 bits per heavy atom. The number of hydrogen-bond donors (Lipinski definition) is 1. The first-order valence-corrected chi connectivity index (χ1v) is 12.8. The third kappa shape index (κ3) is 6.01. The Labute approximate surface area is 218 Å². The van der Waals surface area contributed by atoms with E-state index in [4.69, 9.17) is 4.74 Å². The maximum atomic E-state index is 13.8. The van der Waals surface area contributed by atoms with Gasteiger partial charge in [0.2, 0.25) is 5.91 Å².